The first kappa shape index (κ1) is 12.3. The van der Waals surface area contributed by atoms with E-state index in [0.29, 0.717) is 19.6 Å². The maximum absolute atomic E-state index is 12.1. The van der Waals surface area contributed by atoms with Gasteiger partial charge in [-0.2, -0.15) is 0 Å². The van der Waals surface area contributed by atoms with Crippen LogP contribution in [0.3, 0.4) is 0 Å². The van der Waals surface area contributed by atoms with Gasteiger partial charge in [0.2, 0.25) is 10.0 Å². The minimum absolute atomic E-state index is 0.0587. The van der Waals surface area contributed by atoms with Crippen LogP contribution in [0.25, 0.3) is 0 Å². The summed E-state index contributed by atoms with van der Waals surface area (Å²) in [5, 5.41) is 2.78. The highest BCUT2D eigenvalue weighted by Crippen LogP contribution is 2.27. The van der Waals surface area contributed by atoms with Crippen LogP contribution in [0, 0.1) is 0 Å². The van der Waals surface area contributed by atoms with Crippen LogP contribution in [0.2, 0.25) is 0 Å². The predicted molar refractivity (Wildman–Crippen MR) is 61.8 cm³/mol. The van der Waals surface area contributed by atoms with Crippen molar-refractivity contribution in [3.8, 4) is 0 Å². The first-order chi connectivity index (χ1) is 7.44. The average molecular weight is 248 g/mol. The van der Waals surface area contributed by atoms with Gasteiger partial charge in [-0.25, -0.2) is 13.1 Å². The van der Waals surface area contributed by atoms with Crippen molar-refractivity contribution >= 4 is 10.0 Å². The van der Waals surface area contributed by atoms with Gasteiger partial charge in [0, 0.05) is 13.2 Å². The minimum atomic E-state index is -3.23. The molecule has 94 valence electrons. The fourth-order valence-electron chi connectivity index (χ4n) is 2.27. The lowest BCUT2D eigenvalue weighted by molar-refractivity contribution is 0.0956. The Labute approximate surface area is 97.0 Å². The number of hydrogen-bond acceptors (Lipinski definition) is 4. The molecule has 3 atom stereocenters. The van der Waals surface area contributed by atoms with E-state index in [1.54, 1.807) is 0 Å². The average Bonchev–Trinajstić information content (AvgIpc) is 2.77. The van der Waals surface area contributed by atoms with Crippen LogP contribution >= 0.6 is 0 Å². The molecule has 0 bridgehead atoms. The first-order valence-corrected chi connectivity index (χ1v) is 7.34. The second-order valence-electron chi connectivity index (χ2n) is 4.94. The molecule has 2 N–H and O–H groups in total. The zero-order valence-corrected chi connectivity index (χ0v) is 10.6. The number of ether oxygens (including phenoxy) is 1. The Morgan fingerprint density at radius 3 is 2.75 bits per heavy atom. The predicted octanol–water partition coefficient (Wildman–Crippen LogP) is -0.165. The molecule has 6 heteroatoms. The molecule has 0 aromatic rings. The Kier molecular flexibility index (Phi) is 3.27. The van der Waals surface area contributed by atoms with Crippen molar-refractivity contribution < 1.29 is 13.2 Å². The Bertz CT molecular complexity index is 351. The van der Waals surface area contributed by atoms with Crippen LogP contribution in [0.4, 0.5) is 0 Å². The van der Waals surface area contributed by atoms with Crippen molar-refractivity contribution in [2.75, 3.05) is 19.7 Å². The van der Waals surface area contributed by atoms with E-state index < -0.39 is 15.6 Å². The maximum Gasteiger partial charge on any atom is 0.216 e. The van der Waals surface area contributed by atoms with E-state index in [0.717, 1.165) is 13.0 Å². The number of nitrogens with one attached hydrogen (secondary N) is 2. The van der Waals surface area contributed by atoms with Crippen LogP contribution in [0.15, 0.2) is 0 Å². The van der Waals surface area contributed by atoms with Gasteiger partial charge in [0.1, 0.15) is 0 Å². The zero-order chi connectivity index (χ0) is 11.8. The van der Waals surface area contributed by atoms with Crippen molar-refractivity contribution in [3.63, 3.8) is 0 Å². The van der Waals surface area contributed by atoms with Crippen molar-refractivity contribution in [2.45, 2.75) is 43.6 Å². The molecule has 0 aromatic heterocycles. The maximum atomic E-state index is 12.1. The zero-order valence-electron chi connectivity index (χ0n) is 9.82. The summed E-state index contributed by atoms with van der Waals surface area (Å²) < 4.78 is 32.5. The third-order valence-electron chi connectivity index (χ3n) is 3.72. The second-order valence-corrected chi connectivity index (χ2v) is 6.90. The number of rotatable bonds is 3. The minimum Gasteiger partial charge on any atom is -0.376 e. The van der Waals surface area contributed by atoms with E-state index in [4.69, 9.17) is 4.74 Å². The third-order valence-corrected chi connectivity index (χ3v) is 5.75. The SMILES string of the molecule is CC1OCCC1(C)NS(=O)(=O)C1CCNC1. The van der Waals surface area contributed by atoms with Crippen LogP contribution in [-0.2, 0) is 14.8 Å². The molecule has 2 saturated heterocycles. The first-order valence-electron chi connectivity index (χ1n) is 5.79. The van der Waals surface area contributed by atoms with E-state index in [-0.39, 0.29) is 11.4 Å². The molecule has 16 heavy (non-hydrogen) atoms. The summed E-state index contributed by atoms with van der Waals surface area (Å²) >= 11 is 0. The fourth-order valence-corrected chi connectivity index (χ4v) is 4.12. The molecular formula is C10H20N2O3S. The van der Waals surface area contributed by atoms with Gasteiger partial charge in [0.15, 0.2) is 0 Å². The van der Waals surface area contributed by atoms with Gasteiger partial charge in [0.05, 0.1) is 16.9 Å². The van der Waals surface area contributed by atoms with E-state index in [9.17, 15) is 8.42 Å². The molecular weight excluding hydrogens is 228 g/mol. The molecule has 0 spiro atoms. The molecule has 2 aliphatic heterocycles. The summed E-state index contributed by atoms with van der Waals surface area (Å²) in [5.41, 5.74) is -0.443. The van der Waals surface area contributed by atoms with Crippen molar-refractivity contribution in [3.05, 3.63) is 0 Å². The fraction of sp³-hybridized carbons (Fsp3) is 1.00. The molecule has 0 radical (unpaired) electrons. The van der Waals surface area contributed by atoms with E-state index in [1.165, 1.54) is 0 Å². The second kappa shape index (κ2) is 4.25. The molecule has 2 rings (SSSR count). The highest BCUT2D eigenvalue weighted by molar-refractivity contribution is 7.90. The molecule has 0 amide bonds. The molecule has 0 aliphatic carbocycles. The van der Waals surface area contributed by atoms with Crippen LogP contribution in [0.1, 0.15) is 26.7 Å². The monoisotopic (exact) mass is 248 g/mol. The van der Waals surface area contributed by atoms with Crippen LogP contribution < -0.4 is 10.0 Å². The topological polar surface area (TPSA) is 67.4 Å². The summed E-state index contributed by atoms with van der Waals surface area (Å²) in [6.07, 6.45) is 1.38. The van der Waals surface area contributed by atoms with E-state index in [1.807, 2.05) is 13.8 Å². The molecule has 3 unspecified atom stereocenters. The lowest BCUT2D eigenvalue weighted by atomic mass is 9.97. The smallest absolute Gasteiger partial charge is 0.216 e. The van der Waals surface area contributed by atoms with Gasteiger partial charge in [-0.15, -0.1) is 0 Å². The summed E-state index contributed by atoms with van der Waals surface area (Å²) in [7, 11) is -3.23. The van der Waals surface area contributed by atoms with Gasteiger partial charge in [-0.3, -0.25) is 0 Å². The third kappa shape index (κ3) is 2.25. The molecule has 0 saturated carbocycles. The van der Waals surface area contributed by atoms with Gasteiger partial charge < -0.3 is 10.1 Å². The number of hydrogen-bond donors (Lipinski definition) is 2. The highest BCUT2D eigenvalue weighted by atomic mass is 32.2. The van der Waals surface area contributed by atoms with Gasteiger partial charge in [-0.1, -0.05) is 0 Å². The van der Waals surface area contributed by atoms with Crippen molar-refractivity contribution in [1.29, 1.82) is 0 Å². The highest BCUT2D eigenvalue weighted by Gasteiger charge is 2.42. The van der Waals surface area contributed by atoms with Crippen molar-refractivity contribution in [1.82, 2.24) is 10.0 Å². The normalized spacial score (nSPS) is 40.4. The molecule has 2 heterocycles. The largest absolute Gasteiger partial charge is 0.376 e. The Hall–Kier alpha value is -0.170. The van der Waals surface area contributed by atoms with Crippen molar-refractivity contribution in [2.24, 2.45) is 0 Å². The van der Waals surface area contributed by atoms with E-state index >= 15 is 0 Å². The number of sulfonamides is 1. The molecule has 2 fully saturated rings. The molecule has 5 nitrogen and oxygen atoms in total. The van der Waals surface area contributed by atoms with Gasteiger partial charge >= 0.3 is 0 Å². The van der Waals surface area contributed by atoms with Gasteiger partial charge in [0.25, 0.3) is 0 Å². The summed E-state index contributed by atoms with van der Waals surface area (Å²) in [4.78, 5) is 0. The Balaban J connectivity index is 2.08. The summed E-state index contributed by atoms with van der Waals surface area (Å²) in [6, 6.07) is 0. The standard InChI is InChI=1S/C10H20N2O3S/c1-8-10(2,4-6-15-8)12-16(13,14)9-3-5-11-7-9/h8-9,11-12H,3-7H2,1-2H3. The van der Waals surface area contributed by atoms with E-state index in [2.05, 4.69) is 10.0 Å². The summed E-state index contributed by atoms with van der Waals surface area (Å²) in [5.74, 6) is 0. The lowest BCUT2D eigenvalue weighted by Gasteiger charge is -2.29. The quantitative estimate of drug-likeness (QED) is 0.728. The lowest BCUT2D eigenvalue weighted by Crippen LogP contribution is -2.53. The molecule has 2 aliphatic rings. The Morgan fingerprint density at radius 1 is 1.50 bits per heavy atom. The van der Waals surface area contributed by atoms with Crippen LogP contribution in [0.5, 0.6) is 0 Å². The van der Waals surface area contributed by atoms with Gasteiger partial charge in [-0.05, 0) is 33.2 Å². The molecule has 0 aromatic carbocycles. The summed E-state index contributed by atoms with van der Waals surface area (Å²) in [6.45, 7) is 5.81. The van der Waals surface area contributed by atoms with Crippen LogP contribution in [-0.4, -0.2) is 45.0 Å². The Morgan fingerprint density at radius 2 is 2.25 bits per heavy atom.